The number of guanidine groups is 1. The van der Waals surface area contributed by atoms with Crippen molar-refractivity contribution in [1.82, 2.24) is 20.4 Å². The van der Waals surface area contributed by atoms with Crippen LogP contribution in [0.5, 0.6) is 0 Å². The highest BCUT2D eigenvalue weighted by Gasteiger charge is 2.34. The molecule has 2 fully saturated rings. The number of likely N-dealkylation sites (N-methyl/N-ethyl adjacent to an activating group) is 1. The molecule has 2 aliphatic rings. The lowest BCUT2D eigenvalue weighted by Crippen LogP contribution is -2.53. The summed E-state index contributed by atoms with van der Waals surface area (Å²) in [6.45, 7) is 11.0. The Morgan fingerprint density at radius 1 is 1.19 bits per heavy atom. The zero-order chi connectivity index (χ0) is 21.4. The van der Waals surface area contributed by atoms with Crippen LogP contribution in [0.3, 0.4) is 0 Å². The molecule has 7 heteroatoms. The van der Waals surface area contributed by atoms with Gasteiger partial charge in [-0.3, -0.25) is 9.89 Å². The summed E-state index contributed by atoms with van der Waals surface area (Å²) >= 11 is 0. The molecule has 2 aliphatic heterocycles. The predicted octanol–water partition coefficient (Wildman–Crippen LogP) is 3.24. The maximum atomic E-state index is 5.60. The summed E-state index contributed by atoms with van der Waals surface area (Å²) in [5, 5.41) is 7.17. The van der Waals surface area contributed by atoms with Crippen molar-refractivity contribution >= 4 is 29.9 Å². The summed E-state index contributed by atoms with van der Waals surface area (Å²) in [5.74, 6) is 0.961. The number of rotatable bonds is 7. The lowest BCUT2D eigenvalue weighted by Gasteiger charge is -2.42. The van der Waals surface area contributed by atoms with Gasteiger partial charge in [0.25, 0.3) is 0 Å². The average molecular weight is 544 g/mol. The van der Waals surface area contributed by atoms with Gasteiger partial charge in [0.05, 0.1) is 6.54 Å². The SMILES string of the molecule is CCNC(=NCC1(N(C)C)CCOCC1)NC1CCN(Cc2ccccc2C)CC1.I. The van der Waals surface area contributed by atoms with Crippen molar-refractivity contribution in [2.45, 2.75) is 57.7 Å². The molecule has 176 valence electrons. The minimum absolute atomic E-state index is 0. The van der Waals surface area contributed by atoms with E-state index in [2.05, 4.69) is 72.6 Å². The molecule has 0 spiro atoms. The van der Waals surface area contributed by atoms with Crippen molar-refractivity contribution in [2.75, 3.05) is 53.5 Å². The van der Waals surface area contributed by atoms with Crippen LogP contribution in [-0.4, -0.2) is 80.8 Å². The third kappa shape index (κ3) is 7.58. The van der Waals surface area contributed by atoms with Crippen LogP contribution in [0.1, 0.15) is 43.7 Å². The molecule has 0 radical (unpaired) electrons. The normalized spacial score (nSPS) is 20.4. The van der Waals surface area contributed by atoms with E-state index in [0.717, 1.165) is 77.6 Å². The largest absolute Gasteiger partial charge is 0.381 e. The number of nitrogens with zero attached hydrogens (tertiary/aromatic N) is 3. The first-order chi connectivity index (χ1) is 14.5. The summed E-state index contributed by atoms with van der Waals surface area (Å²) < 4.78 is 5.60. The number of likely N-dealkylation sites (tertiary alicyclic amines) is 1. The van der Waals surface area contributed by atoms with Crippen molar-refractivity contribution in [2.24, 2.45) is 4.99 Å². The van der Waals surface area contributed by atoms with E-state index in [1.807, 2.05) is 0 Å². The zero-order valence-corrected chi connectivity index (χ0v) is 22.2. The standard InChI is InChI=1S/C24H41N5O.HI/c1-5-25-23(26-19-24(28(3)4)12-16-30-17-13-24)27-22-10-14-29(15-11-22)18-21-9-7-6-8-20(21)2;/h6-9,22H,5,10-19H2,1-4H3,(H2,25,26,27);1H. The van der Waals surface area contributed by atoms with Gasteiger partial charge in [-0.1, -0.05) is 24.3 Å². The zero-order valence-electron chi connectivity index (χ0n) is 19.8. The average Bonchev–Trinajstić information content (AvgIpc) is 2.76. The topological polar surface area (TPSA) is 52.1 Å². The van der Waals surface area contributed by atoms with Crippen molar-refractivity contribution < 1.29 is 4.74 Å². The lowest BCUT2D eigenvalue weighted by molar-refractivity contribution is -0.00256. The Balaban J connectivity index is 0.00000341. The van der Waals surface area contributed by atoms with Crippen LogP contribution in [0.2, 0.25) is 0 Å². The molecule has 0 saturated carbocycles. The molecule has 0 aliphatic carbocycles. The van der Waals surface area contributed by atoms with Gasteiger partial charge in [0.15, 0.2) is 5.96 Å². The third-order valence-corrected chi connectivity index (χ3v) is 6.83. The number of hydrogen-bond donors (Lipinski definition) is 2. The van der Waals surface area contributed by atoms with Gasteiger partial charge in [-0.25, -0.2) is 0 Å². The Hall–Kier alpha value is -0.900. The van der Waals surface area contributed by atoms with Gasteiger partial charge in [-0.2, -0.15) is 0 Å². The van der Waals surface area contributed by atoms with Gasteiger partial charge in [-0.15, -0.1) is 24.0 Å². The second-order valence-corrected chi connectivity index (χ2v) is 9.05. The van der Waals surface area contributed by atoms with E-state index in [1.165, 1.54) is 11.1 Å². The number of aryl methyl sites for hydroxylation is 1. The van der Waals surface area contributed by atoms with Crippen molar-refractivity contribution in [3.05, 3.63) is 35.4 Å². The van der Waals surface area contributed by atoms with Gasteiger partial charge >= 0.3 is 0 Å². The van der Waals surface area contributed by atoms with Gasteiger partial charge in [-0.05, 0) is 64.8 Å². The summed E-state index contributed by atoms with van der Waals surface area (Å²) in [6.07, 6.45) is 4.40. The number of benzene rings is 1. The van der Waals surface area contributed by atoms with Gasteiger partial charge in [0.1, 0.15) is 0 Å². The number of ether oxygens (including phenoxy) is 1. The molecule has 31 heavy (non-hydrogen) atoms. The highest BCUT2D eigenvalue weighted by Crippen LogP contribution is 2.26. The molecular formula is C24H42IN5O. The van der Waals surface area contributed by atoms with Crippen LogP contribution in [0, 0.1) is 6.92 Å². The Kier molecular flexibility index (Phi) is 11.0. The lowest BCUT2D eigenvalue weighted by atomic mass is 9.89. The number of hydrogen-bond acceptors (Lipinski definition) is 4. The molecule has 1 aromatic carbocycles. The Morgan fingerprint density at radius 3 is 2.48 bits per heavy atom. The van der Waals surface area contributed by atoms with Gasteiger partial charge in [0, 0.05) is 51.0 Å². The number of nitrogens with one attached hydrogen (secondary N) is 2. The second kappa shape index (κ2) is 13.0. The molecule has 6 nitrogen and oxygen atoms in total. The van der Waals surface area contributed by atoms with E-state index in [4.69, 9.17) is 9.73 Å². The minimum atomic E-state index is 0. The highest BCUT2D eigenvalue weighted by atomic mass is 127. The Labute approximate surface area is 206 Å². The minimum Gasteiger partial charge on any atom is -0.381 e. The first-order valence-corrected chi connectivity index (χ1v) is 11.6. The third-order valence-electron chi connectivity index (χ3n) is 6.83. The number of piperidine rings is 1. The summed E-state index contributed by atoms with van der Waals surface area (Å²) in [7, 11) is 4.34. The van der Waals surface area contributed by atoms with Crippen LogP contribution in [-0.2, 0) is 11.3 Å². The van der Waals surface area contributed by atoms with Crippen molar-refractivity contribution in [1.29, 1.82) is 0 Å². The van der Waals surface area contributed by atoms with Crippen molar-refractivity contribution in [3.8, 4) is 0 Å². The van der Waals surface area contributed by atoms with E-state index in [9.17, 15) is 0 Å². The maximum Gasteiger partial charge on any atom is 0.191 e. The fourth-order valence-corrected chi connectivity index (χ4v) is 4.50. The molecular weight excluding hydrogens is 501 g/mol. The molecule has 2 saturated heterocycles. The maximum absolute atomic E-state index is 5.60. The molecule has 0 bridgehead atoms. The molecule has 0 atom stereocenters. The van der Waals surface area contributed by atoms with E-state index >= 15 is 0 Å². The van der Waals surface area contributed by atoms with Crippen LogP contribution in [0.4, 0.5) is 0 Å². The predicted molar refractivity (Wildman–Crippen MR) is 140 cm³/mol. The summed E-state index contributed by atoms with van der Waals surface area (Å²) in [6, 6.07) is 9.22. The van der Waals surface area contributed by atoms with Gasteiger partial charge in [0.2, 0.25) is 0 Å². The second-order valence-electron chi connectivity index (χ2n) is 9.05. The highest BCUT2D eigenvalue weighted by molar-refractivity contribution is 14.0. The molecule has 3 rings (SSSR count). The molecule has 0 aromatic heterocycles. The Morgan fingerprint density at radius 2 is 1.87 bits per heavy atom. The quantitative estimate of drug-likeness (QED) is 0.314. The first-order valence-electron chi connectivity index (χ1n) is 11.6. The molecule has 2 heterocycles. The van der Waals surface area contributed by atoms with Crippen LogP contribution < -0.4 is 10.6 Å². The molecule has 1 aromatic rings. The van der Waals surface area contributed by atoms with E-state index < -0.39 is 0 Å². The van der Waals surface area contributed by atoms with E-state index in [0.29, 0.717) is 6.04 Å². The van der Waals surface area contributed by atoms with Crippen LogP contribution in [0.25, 0.3) is 0 Å². The molecule has 0 amide bonds. The van der Waals surface area contributed by atoms with E-state index in [-0.39, 0.29) is 29.5 Å². The van der Waals surface area contributed by atoms with E-state index in [1.54, 1.807) is 0 Å². The summed E-state index contributed by atoms with van der Waals surface area (Å²) in [5.41, 5.74) is 2.95. The number of halogens is 1. The Bertz CT molecular complexity index is 682. The van der Waals surface area contributed by atoms with Gasteiger partial charge < -0.3 is 20.3 Å². The smallest absolute Gasteiger partial charge is 0.191 e. The van der Waals surface area contributed by atoms with Crippen LogP contribution in [0.15, 0.2) is 29.3 Å². The fraction of sp³-hybridized carbons (Fsp3) is 0.708. The first kappa shape index (κ1) is 26.4. The fourth-order valence-electron chi connectivity index (χ4n) is 4.50. The summed E-state index contributed by atoms with van der Waals surface area (Å²) in [4.78, 5) is 9.92. The van der Waals surface area contributed by atoms with Crippen LogP contribution >= 0.6 is 24.0 Å². The molecule has 2 N–H and O–H groups in total. The monoisotopic (exact) mass is 543 g/mol. The van der Waals surface area contributed by atoms with Crippen molar-refractivity contribution in [3.63, 3.8) is 0 Å². The number of aliphatic imine (C=N–C) groups is 1. The molecule has 0 unspecified atom stereocenters.